The van der Waals surface area contributed by atoms with E-state index in [0.717, 1.165) is 11.1 Å². The highest BCUT2D eigenvalue weighted by molar-refractivity contribution is 5.94. The van der Waals surface area contributed by atoms with E-state index < -0.39 is 18.1 Å². The number of hydrogen-bond acceptors (Lipinski definition) is 4. The van der Waals surface area contributed by atoms with Crippen molar-refractivity contribution in [3.63, 3.8) is 0 Å². The van der Waals surface area contributed by atoms with Crippen LogP contribution in [-0.2, 0) is 20.9 Å². The second kappa shape index (κ2) is 10.2. The zero-order valence-electron chi connectivity index (χ0n) is 16.2. The molecule has 29 heavy (non-hydrogen) atoms. The van der Waals surface area contributed by atoms with Gasteiger partial charge in [-0.05, 0) is 23.3 Å². The zero-order chi connectivity index (χ0) is 20.5. The molecule has 0 saturated carbocycles. The van der Waals surface area contributed by atoms with Crippen molar-refractivity contribution < 1.29 is 19.1 Å². The van der Waals surface area contributed by atoms with Gasteiger partial charge in [-0.3, -0.25) is 4.79 Å². The fourth-order valence-corrected chi connectivity index (χ4v) is 2.99. The summed E-state index contributed by atoms with van der Waals surface area (Å²) in [5.41, 5.74) is 2.17. The third-order valence-corrected chi connectivity index (χ3v) is 4.49. The molecule has 0 aliphatic heterocycles. The molecule has 0 fully saturated rings. The molecule has 1 amide bonds. The van der Waals surface area contributed by atoms with E-state index in [9.17, 15) is 9.59 Å². The van der Waals surface area contributed by atoms with Crippen LogP contribution in [0.5, 0.6) is 0 Å². The molecule has 0 aromatic heterocycles. The Hall–Kier alpha value is -3.44. The molecule has 0 spiro atoms. The number of hydrogen-bond donors (Lipinski definition) is 1. The Bertz CT molecular complexity index is 913. The van der Waals surface area contributed by atoms with Crippen LogP contribution in [0.2, 0.25) is 0 Å². The normalized spacial score (nSPS) is 12.6. The number of methoxy groups -OCH3 is 1. The van der Waals surface area contributed by atoms with Crippen LogP contribution in [0.3, 0.4) is 0 Å². The molecule has 0 aliphatic carbocycles. The first-order valence-corrected chi connectivity index (χ1v) is 9.33. The maximum absolute atomic E-state index is 12.8. The number of carbonyl (C=O) groups excluding carboxylic acids is 2. The zero-order valence-corrected chi connectivity index (χ0v) is 16.2. The predicted molar refractivity (Wildman–Crippen MR) is 110 cm³/mol. The number of nitrogens with one attached hydrogen (secondary N) is 1. The summed E-state index contributed by atoms with van der Waals surface area (Å²) >= 11 is 0. The van der Waals surface area contributed by atoms with Crippen molar-refractivity contribution in [2.75, 3.05) is 7.11 Å². The van der Waals surface area contributed by atoms with Crippen LogP contribution >= 0.6 is 0 Å². The van der Waals surface area contributed by atoms with Crippen LogP contribution < -0.4 is 5.32 Å². The topological polar surface area (TPSA) is 64.6 Å². The van der Waals surface area contributed by atoms with Gasteiger partial charge < -0.3 is 14.8 Å². The first-order valence-electron chi connectivity index (χ1n) is 9.33. The quantitative estimate of drug-likeness (QED) is 0.593. The van der Waals surface area contributed by atoms with E-state index in [2.05, 4.69) is 5.32 Å². The largest absolute Gasteiger partial charge is 0.467 e. The van der Waals surface area contributed by atoms with Crippen LogP contribution in [0.15, 0.2) is 91.0 Å². The molecule has 0 saturated heterocycles. The first-order chi connectivity index (χ1) is 14.2. The van der Waals surface area contributed by atoms with Gasteiger partial charge in [0, 0.05) is 5.56 Å². The molecule has 0 radical (unpaired) electrons. The molecule has 148 valence electrons. The van der Waals surface area contributed by atoms with Crippen molar-refractivity contribution in [1.29, 1.82) is 0 Å². The molecule has 0 aliphatic rings. The van der Waals surface area contributed by atoms with E-state index >= 15 is 0 Å². The van der Waals surface area contributed by atoms with Gasteiger partial charge >= 0.3 is 5.97 Å². The second-order valence-corrected chi connectivity index (χ2v) is 6.47. The Labute approximate surface area is 170 Å². The molecule has 0 unspecified atom stereocenters. The van der Waals surface area contributed by atoms with E-state index in [1.807, 2.05) is 66.7 Å². The Kier molecular flexibility index (Phi) is 7.14. The molecular weight excluding hydrogens is 366 g/mol. The van der Waals surface area contributed by atoms with Crippen molar-refractivity contribution in [3.8, 4) is 0 Å². The van der Waals surface area contributed by atoms with Crippen molar-refractivity contribution >= 4 is 11.9 Å². The van der Waals surface area contributed by atoms with Gasteiger partial charge in [-0.2, -0.15) is 0 Å². The monoisotopic (exact) mass is 389 g/mol. The van der Waals surface area contributed by atoms with Crippen LogP contribution in [-0.4, -0.2) is 25.1 Å². The Morgan fingerprint density at radius 3 is 1.97 bits per heavy atom. The minimum atomic E-state index is -1.00. The number of benzene rings is 3. The lowest BCUT2D eigenvalue weighted by Gasteiger charge is -2.27. The highest BCUT2D eigenvalue weighted by Crippen LogP contribution is 2.22. The van der Waals surface area contributed by atoms with Gasteiger partial charge in [0.15, 0.2) is 6.10 Å². The van der Waals surface area contributed by atoms with Crippen LogP contribution in [0.25, 0.3) is 0 Å². The van der Waals surface area contributed by atoms with E-state index in [1.165, 1.54) is 7.11 Å². The molecule has 0 bridgehead atoms. The van der Waals surface area contributed by atoms with E-state index in [0.29, 0.717) is 5.56 Å². The minimum absolute atomic E-state index is 0.213. The number of carbonyl (C=O) groups is 2. The summed E-state index contributed by atoms with van der Waals surface area (Å²) in [5, 5.41) is 2.94. The number of rotatable bonds is 8. The first kappa shape index (κ1) is 20.3. The Morgan fingerprint density at radius 1 is 0.828 bits per heavy atom. The highest BCUT2D eigenvalue weighted by Gasteiger charge is 2.33. The SMILES string of the molecule is COC(=O)[C@H](OCc1ccccc1)[C@@H](NC(=O)c1ccccc1)c1ccccc1. The van der Waals surface area contributed by atoms with Gasteiger partial charge in [0.05, 0.1) is 19.8 Å². The summed E-state index contributed by atoms with van der Waals surface area (Å²) in [6.45, 7) is 0.213. The lowest BCUT2D eigenvalue weighted by Crippen LogP contribution is -2.42. The summed E-state index contributed by atoms with van der Waals surface area (Å²) in [4.78, 5) is 25.4. The fourth-order valence-electron chi connectivity index (χ4n) is 2.99. The second-order valence-electron chi connectivity index (χ2n) is 6.47. The lowest BCUT2D eigenvalue weighted by atomic mass is 10.00. The molecule has 3 aromatic rings. The van der Waals surface area contributed by atoms with E-state index in [1.54, 1.807) is 24.3 Å². The molecule has 3 rings (SSSR count). The van der Waals surface area contributed by atoms with Crippen molar-refractivity contribution in [1.82, 2.24) is 5.32 Å². The average Bonchev–Trinajstić information content (AvgIpc) is 2.79. The molecular formula is C24H23NO4. The summed E-state index contributed by atoms with van der Waals surface area (Å²) in [6.07, 6.45) is -1.00. The summed E-state index contributed by atoms with van der Waals surface area (Å²) < 4.78 is 10.9. The van der Waals surface area contributed by atoms with Crippen molar-refractivity contribution in [3.05, 3.63) is 108 Å². The third kappa shape index (κ3) is 5.53. The maximum Gasteiger partial charge on any atom is 0.337 e. The summed E-state index contributed by atoms with van der Waals surface area (Å²) in [6, 6.07) is 26.9. The van der Waals surface area contributed by atoms with E-state index in [4.69, 9.17) is 9.47 Å². The summed E-state index contributed by atoms with van der Waals surface area (Å²) in [5.74, 6) is -0.847. The van der Waals surface area contributed by atoms with E-state index in [-0.39, 0.29) is 12.5 Å². The molecule has 3 aromatic carbocycles. The van der Waals surface area contributed by atoms with Gasteiger partial charge in [0.25, 0.3) is 5.91 Å². The highest BCUT2D eigenvalue weighted by atomic mass is 16.6. The maximum atomic E-state index is 12.8. The fraction of sp³-hybridized carbons (Fsp3) is 0.167. The van der Waals surface area contributed by atoms with Crippen LogP contribution in [0, 0.1) is 0 Å². The van der Waals surface area contributed by atoms with Gasteiger partial charge in [-0.25, -0.2) is 4.79 Å². The Morgan fingerprint density at radius 2 is 1.38 bits per heavy atom. The van der Waals surface area contributed by atoms with Crippen LogP contribution in [0.4, 0.5) is 0 Å². The number of amides is 1. The number of ether oxygens (including phenoxy) is 2. The predicted octanol–water partition coefficient (Wildman–Crippen LogP) is 3.92. The minimum Gasteiger partial charge on any atom is -0.467 e. The molecule has 5 nitrogen and oxygen atoms in total. The lowest BCUT2D eigenvalue weighted by molar-refractivity contribution is -0.157. The van der Waals surface area contributed by atoms with Gasteiger partial charge in [0.2, 0.25) is 0 Å². The smallest absolute Gasteiger partial charge is 0.337 e. The van der Waals surface area contributed by atoms with Gasteiger partial charge in [-0.1, -0.05) is 78.9 Å². The average molecular weight is 389 g/mol. The third-order valence-electron chi connectivity index (χ3n) is 4.49. The molecule has 5 heteroatoms. The van der Waals surface area contributed by atoms with Gasteiger partial charge in [-0.15, -0.1) is 0 Å². The number of esters is 1. The Balaban J connectivity index is 1.88. The molecule has 2 atom stereocenters. The van der Waals surface area contributed by atoms with Gasteiger partial charge in [0.1, 0.15) is 0 Å². The molecule has 0 heterocycles. The van der Waals surface area contributed by atoms with Crippen molar-refractivity contribution in [2.45, 2.75) is 18.8 Å². The summed E-state index contributed by atoms with van der Waals surface area (Å²) in [7, 11) is 1.31. The van der Waals surface area contributed by atoms with Crippen molar-refractivity contribution in [2.24, 2.45) is 0 Å². The van der Waals surface area contributed by atoms with Crippen LogP contribution in [0.1, 0.15) is 27.5 Å². The molecule has 1 N–H and O–H groups in total. The standard InChI is InChI=1S/C24H23NO4/c1-28-24(27)22(29-17-18-11-5-2-6-12-18)21(19-13-7-3-8-14-19)25-23(26)20-15-9-4-10-16-20/h2-16,21-22H,17H2,1H3,(H,25,26)/t21-,22+/m0/s1.